The summed E-state index contributed by atoms with van der Waals surface area (Å²) in [4.78, 5) is 61.6. The number of carboxylic acids is 1. The second-order valence-corrected chi connectivity index (χ2v) is 10.5. The summed E-state index contributed by atoms with van der Waals surface area (Å²) in [6.45, 7) is 4.94. The largest absolute Gasteiger partial charge is 0.480 e. The van der Waals surface area contributed by atoms with Crippen molar-refractivity contribution in [1.82, 2.24) is 21.3 Å². The summed E-state index contributed by atoms with van der Waals surface area (Å²) in [5, 5.41) is 19.1. The molecule has 0 aliphatic rings. The van der Waals surface area contributed by atoms with E-state index in [-0.39, 0.29) is 26.0 Å². The lowest BCUT2D eigenvalue weighted by atomic mass is 10.0. The van der Waals surface area contributed by atoms with Gasteiger partial charge in [-0.2, -0.15) is 0 Å². The first-order valence-corrected chi connectivity index (χ1v) is 13.7. The van der Waals surface area contributed by atoms with Gasteiger partial charge in [0.05, 0.1) is 0 Å². The SMILES string of the molecule is CC(C)(C)OC(=O)NCCCC[C@@H](NC(=O)OCc1ccccc1)C(=O)N[C@@H](Cc1ccccc1)C(=O)NCC(=O)O. The smallest absolute Gasteiger partial charge is 0.408 e. The molecule has 2 atom stereocenters. The van der Waals surface area contributed by atoms with Gasteiger partial charge in [0.2, 0.25) is 11.8 Å². The predicted molar refractivity (Wildman–Crippen MR) is 154 cm³/mol. The number of hydrogen-bond donors (Lipinski definition) is 5. The van der Waals surface area contributed by atoms with Gasteiger partial charge in [-0.25, -0.2) is 9.59 Å². The molecule has 2 rings (SSSR count). The molecule has 0 saturated carbocycles. The first-order chi connectivity index (χ1) is 19.9. The molecular weight excluding hydrogens is 544 g/mol. The molecule has 0 fully saturated rings. The highest BCUT2D eigenvalue weighted by Crippen LogP contribution is 2.09. The van der Waals surface area contributed by atoms with Crippen LogP contribution in [-0.4, -0.2) is 65.9 Å². The molecular formula is C30H40N4O8. The molecule has 0 bridgehead atoms. The van der Waals surface area contributed by atoms with Crippen LogP contribution < -0.4 is 21.3 Å². The lowest BCUT2D eigenvalue weighted by molar-refractivity contribution is -0.138. The van der Waals surface area contributed by atoms with Gasteiger partial charge < -0.3 is 35.8 Å². The summed E-state index contributed by atoms with van der Waals surface area (Å²) in [6, 6.07) is 15.8. The molecule has 12 heteroatoms. The number of carboxylic acid groups (broad SMARTS) is 1. The summed E-state index contributed by atoms with van der Waals surface area (Å²) in [6.07, 6.45) is -0.186. The van der Waals surface area contributed by atoms with E-state index in [1.54, 1.807) is 75.4 Å². The van der Waals surface area contributed by atoms with Gasteiger partial charge in [-0.1, -0.05) is 60.7 Å². The van der Waals surface area contributed by atoms with Gasteiger partial charge in [0, 0.05) is 13.0 Å². The van der Waals surface area contributed by atoms with Gasteiger partial charge in [0.15, 0.2) is 0 Å². The Kier molecular flexibility index (Phi) is 13.8. The number of carbonyl (C=O) groups is 5. The predicted octanol–water partition coefficient (Wildman–Crippen LogP) is 2.90. The molecule has 0 spiro atoms. The van der Waals surface area contributed by atoms with Crippen molar-refractivity contribution in [3.05, 3.63) is 71.8 Å². The minimum absolute atomic E-state index is 0.00491. The van der Waals surface area contributed by atoms with E-state index in [4.69, 9.17) is 14.6 Å². The van der Waals surface area contributed by atoms with Crippen LogP contribution in [0.4, 0.5) is 9.59 Å². The van der Waals surface area contributed by atoms with Crippen LogP contribution in [0.2, 0.25) is 0 Å². The fourth-order valence-electron chi connectivity index (χ4n) is 3.77. The molecule has 0 aliphatic heterocycles. The molecule has 2 aromatic rings. The lowest BCUT2D eigenvalue weighted by Crippen LogP contribution is -2.55. The Bertz CT molecular complexity index is 1170. The van der Waals surface area contributed by atoms with E-state index in [2.05, 4.69) is 21.3 Å². The van der Waals surface area contributed by atoms with Crippen LogP contribution in [-0.2, 0) is 36.9 Å². The summed E-state index contributed by atoms with van der Waals surface area (Å²) in [7, 11) is 0. The number of unbranched alkanes of at least 4 members (excludes halogenated alkanes) is 1. The summed E-state index contributed by atoms with van der Waals surface area (Å²) >= 11 is 0. The van der Waals surface area contributed by atoms with Crippen molar-refractivity contribution < 1.29 is 38.6 Å². The van der Waals surface area contributed by atoms with Crippen molar-refractivity contribution in [3.63, 3.8) is 0 Å². The van der Waals surface area contributed by atoms with Crippen molar-refractivity contribution in [2.75, 3.05) is 13.1 Å². The Morgan fingerprint density at radius 2 is 1.38 bits per heavy atom. The van der Waals surface area contributed by atoms with Crippen molar-refractivity contribution >= 4 is 30.0 Å². The van der Waals surface area contributed by atoms with Gasteiger partial charge >= 0.3 is 18.2 Å². The Morgan fingerprint density at radius 3 is 1.98 bits per heavy atom. The third-order valence-electron chi connectivity index (χ3n) is 5.74. The summed E-state index contributed by atoms with van der Waals surface area (Å²) in [5.74, 6) is -2.55. The molecule has 4 amide bonds. The van der Waals surface area contributed by atoms with E-state index in [1.807, 2.05) is 6.07 Å². The number of alkyl carbamates (subject to hydrolysis) is 2. The first-order valence-electron chi connectivity index (χ1n) is 13.7. The highest BCUT2D eigenvalue weighted by molar-refractivity contribution is 5.92. The number of rotatable bonds is 15. The van der Waals surface area contributed by atoms with E-state index >= 15 is 0 Å². The topological polar surface area (TPSA) is 172 Å². The van der Waals surface area contributed by atoms with E-state index < -0.39 is 54.2 Å². The molecule has 0 radical (unpaired) electrons. The lowest BCUT2D eigenvalue weighted by Gasteiger charge is -2.23. The highest BCUT2D eigenvalue weighted by Gasteiger charge is 2.27. The molecule has 228 valence electrons. The molecule has 42 heavy (non-hydrogen) atoms. The van der Waals surface area contributed by atoms with E-state index in [0.29, 0.717) is 12.8 Å². The fourth-order valence-corrected chi connectivity index (χ4v) is 3.77. The van der Waals surface area contributed by atoms with Gasteiger partial charge in [-0.3, -0.25) is 14.4 Å². The maximum Gasteiger partial charge on any atom is 0.408 e. The Balaban J connectivity index is 2.06. The standard InChI is InChI=1S/C30H40N4O8/c1-30(2,3)42-28(39)31-17-11-10-16-23(34-29(40)41-20-22-14-8-5-9-15-22)27(38)33-24(26(37)32-19-25(35)36)18-21-12-6-4-7-13-21/h4-9,12-15,23-24H,10-11,16-20H2,1-3H3,(H,31,39)(H,32,37)(H,33,38)(H,34,40)(H,35,36)/t23-,24+/m1/s1. The number of aliphatic carboxylic acids is 1. The maximum atomic E-state index is 13.4. The monoisotopic (exact) mass is 584 g/mol. The molecule has 0 aromatic heterocycles. The zero-order valence-corrected chi connectivity index (χ0v) is 24.2. The second kappa shape index (κ2) is 17.3. The highest BCUT2D eigenvalue weighted by atomic mass is 16.6. The average molecular weight is 585 g/mol. The van der Waals surface area contributed by atoms with Gasteiger partial charge in [-0.05, 0) is 51.2 Å². The minimum atomic E-state index is -1.23. The molecule has 5 N–H and O–H groups in total. The van der Waals surface area contributed by atoms with Gasteiger partial charge in [0.25, 0.3) is 0 Å². The fraction of sp³-hybridized carbons (Fsp3) is 0.433. The molecule has 12 nitrogen and oxygen atoms in total. The number of nitrogens with one attached hydrogen (secondary N) is 4. The summed E-state index contributed by atoms with van der Waals surface area (Å²) < 4.78 is 10.5. The van der Waals surface area contributed by atoms with Crippen LogP contribution in [0.5, 0.6) is 0 Å². The van der Waals surface area contributed by atoms with Crippen LogP contribution in [0.25, 0.3) is 0 Å². The zero-order chi connectivity index (χ0) is 31.0. The van der Waals surface area contributed by atoms with Crippen molar-refractivity contribution in [1.29, 1.82) is 0 Å². The van der Waals surface area contributed by atoms with E-state index in [0.717, 1.165) is 11.1 Å². The van der Waals surface area contributed by atoms with Crippen LogP contribution in [0.3, 0.4) is 0 Å². The molecule has 0 aliphatic carbocycles. The Hall–Kier alpha value is -4.61. The number of carbonyl (C=O) groups excluding carboxylic acids is 4. The van der Waals surface area contributed by atoms with Crippen LogP contribution in [0.15, 0.2) is 60.7 Å². The van der Waals surface area contributed by atoms with Gasteiger partial charge in [-0.15, -0.1) is 0 Å². The molecule has 2 aromatic carbocycles. The van der Waals surface area contributed by atoms with Gasteiger partial charge in [0.1, 0.15) is 30.8 Å². The quantitative estimate of drug-likeness (QED) is 0.199. The molecule has 0 heterocycles. The Morgan fingerprint density at radius 1 is 0.762 bits per heavy atom. The molecule has 0 unspecified atom stereocenters. The van der Waals surface area contributed by atoms with Crippen molar-refractivity contribution in [2.45, 2.75) is 70.7 Å². The number of amides is 4. The number of hydrogen-bond acceptors (Lipinski definition) is 7. The van der Waals surface area contributed by atoms with Crippen LogP contribution in [0, 0.1) is 0 Å². The average Bonchev–Trinajstić information content (AvgIpc) is 2.93. The van der Waals surface area contributed by atoms with E-state index in [1.165, 1.54) is 0 Å². The number of ether oxygens (including phenoxy) is 2. The van der Waals surface area contributed by atoms with Crippen LogP contribution in [0.1, 0.15) is 51.2 Å². The first kappa shape index (κ1) is 33.6. The summed E-state index contributed by atoms with van der Waals surface area (Å²) in [5.41, 5.74) is 0.873. The Labute approximate surface area is 245 Å². The van der Waals surface area contributed by atoms with E-state index in [9.17, 15) is 24.0 Å². The third-order valence-corrected chi connectivity index (χ3v) is 5.74. The third kappa shape index (κ3) is 14.1. The maximum absolute atomic E-state index is 13.4. The van der Waals surface area contributed by atoms with Crippen molar-refractivity contribution in [3.8, 4) is 0 Å². The normalized spacial score (nSPS) is 12.3. The van der Waals surface area contributed by atoms with Crippen LogP contribution >= 0.6 is 0 Å². The number of benzene rings is 2. The minimum Gasteiger partial charge on any atom is -0.480 e. The second-order valence-electron chi connectivity index (χ2n) is 10.5. The van der Waals surface area contributed by atoms with Crippen molar-refractivity contribution in [2.24, 2.45) is 0 Å². The zero-order valence-electron chi connectivity index (χ0n) is 24.2. The molecule has 0 saturated heterocycles.